The van der Waals surface area contributed by atoms with Crippen LogP contribution in [0.15, 0.2) is 65.3 Å². The monoisotopic (exact) mass is 688 g/mol. The molecule has 2 aromatic rings. The molecule has 1 N–H and O–H groups in total. The van der Waals surface area contributed by atoms with Gasteiger partial charge >= 0.3 is 11.9 Å². The van der Waals surface area contributed by atoms with Crippen LogP contribution in [0.25, 0.3) is 5.57 Å². The fraction of sp³-hybridized carbons (Fsp3) is 0.514. The second kappa shape index (κ2) is 19.5. The van der Waals surface area contributed by atoms with E-state index in [-0.39, 0.29) is 43.6 Å². The minimum atomic E-state index is -3.95. The molecule has 0 amide bonds. The lowest BCUT2D eigenvalue weighted by molar-refractivity contribution is -0.184. The summed E-state index contributed by atoms with van der Waals surface area (Å²) in [5.41, 5.74) is 3.16. The van der Waals surface area contributed by atoms with Crippen molar-refractivity contribution in [1.29, 1.82) is 0 Å². The number of hydrogen-bond donors (Lipinski definition) is 1. The van der Waals surface area contributed by atoms with Crippen LogP contribution in [-0.4, -0.2) is 63.4 Å². The molecule has 11 heteroatoms. The highest BCUT2D eigenvalue weighted by molar-refractivity contribution is 7.95. The van der Waals surface area contributed by atoms with Gasteiger partial charge in [0.1, 0.15) is 10.7 Å². The second-order valence-corrected chi connectivity index (χ2v) is 13.8. The first kappa shape index (κ1) is 38.9. The van der Waals surface area contributed by atoms with E-state index >= 15 is 4.39 Å². The maximum absolute atomic E-state index is 15.5. The lowest BCUT2D eigenvalue weighted by atomic mass is 9.92. The number of aliphatic hydroxyl groups is 1. The van der Waals surface area contributed by atoms with Crippen molar-refractivity contribution in [2.45, 2.75) is 90.8 Å². The highest BCUT2D eigenvalue weighted by Gasteiger charge is 2.42. The Morgan fingerprint density at radius 3 is 2.21 bits per heavy atom. The quantitative estimate of drug-likeness (QED) is 0.0855. The molecule has 3 rings (SSSR count). The summed E-state index contributed by atoms with van der Waals surface area (Å²) in [5, 5.41) is 11.2. The highest BCUT2D eigenvalue weighted by atomic mass is 32.2. The van der Waals surface area contributed by atoms with Gasteiger partial charge in [-0.2, -0.15) is 0 Å². The molecule has 1 aliphatic rings. The van der Waals surface area contributed by atoms with Crippen molar-refractivity contribution in [2.75, 3.05) is 32.2 Å². The summed E-state index contributed by atoms with van der Waals surface area (Å²) < 4.78 is 62.7. The summed E-state index contributed by atoms with van der Waals surface area (Å²) in [6.45, 7) is 6.00. The van der Waals surface area contributed by atoms with E-state index in [1.54, 1.807) is 38.1 Å². The third-order valence-electron chi connectivity index (χ3n) is 8.04. The molecule has 264 valence electrons. The van der Waals surface area contributed by atoms with Crippen molar-refractivity contribution >= 4 is 27.3 Å². The SMILES string of the molecule is CCOC(=O)CCCOc1cccc(CCCCCCOC2(O)CC(c3ccccc3)=CC(S(=O)(=O)CC)=C2F)c1CCC(=O)OCC. The molecular formula is C37H49FO9S. The minimum Gasteiger partial charge on any atom is -0.493 e. The van der Waals surface area contributed by atoms with E-state index in [0.717, 1.165) is 36.8 Å². The number of hydrogen-bond acceptors (Lipinski definition) is 9. The largest absolute Gasteiger partial charge is 0.493 e. The zero-order chi connectivity index (χ0) is 35.0. The Morgan fingerprint density at radius 1 is 0.833 bits per heavy atom. The van der Waals surface area contributed by atoms with Crippen molar-refractivity contribution in [3.8, 4) is 5.75 Å². The van der Waals surface area contributed by atoms with Gasteiger partial charge in [-0.25, -0.2) is 12.8 Å². The zero-order valence-corrected chi connectivity index (χ0v) is 29.1. The highest BCUT2D eigenvalue weighted by Crippen LogP contribution is 2.41. The zero-order valence-electron chi connectivity index (χ0n) is 28.3. The van der Waals surface area contributed by atoms with Crippen molar-refractivity contribution in [2.24, 2.45) is 0 Å². The van der Waals surface area contributed by atoms with Crippen molar-refractivity contribution in [1.82, 2.24) is 0 Å². The van der Waals surface area contributed by atoms with Crippen LogP contribution in [-0.2, 0) is 46.5 Å². The first-order valence-corrected chi connectivity index (χ1v) is 18.5. The predicted molar refractivity (Wildman–Crippen MR) is 182 cm³/mol. The maximum atomic E-state index is 15.5. The van der Waals surface area contributed by atoms with Crippen LogP contribution in [0.1, 0.15) is 88.8 Å². The number of esters is 2. The predicted octanol–water partition coefficient (Wildman–Crippen LogP) is 6.82. The number of allylic oxidation sites excluding steroid dienone is 1. The van der Waals surface area contributed by atoms with Crippen LogP contribution in [0.5, 0.6) is 5.75 Å². The fourth-order valence-electron chi connectivity index (χ4n) is 5.50. The van der Waals surface area contributed by atoms with Gasteiger partial charge in [-0.15, -0.1) is 0 Å². The van der Waals surface area contributed by atoms with Gasteiger partial charge in [-0.1, -0.05) is 62.2 Å². The average Bonchev–Trinajstić information content (AvgIpc) is 3.07. The van der Waals surface area contributed by atoms with Gasteiger partial charge in [0.25, 0.3) is 0 Å². The fourth-order valence-corrected chi connectivity index (χ4v) is 6.57. The van der Waals surface area contributed by atoms with E-state index in [9.17, 15) is 23.1 Å². The number of aryl methyl sites for hydroxylation is 1. The Labute approximate surface area is 284 Å². The number of unbranched alkanes of at least 4 members (excludes halogenated alkanes) is 3. The van der Waals surface area contributed by atoms with E-state index < -0.39 is 26.4 Å². The Balaban J connectivity index is 1.57. The molecule has 0 heterocycles. The van der Waals surface area contributed by atoms with Gasteiger partial charge in [0.05, 0.1) is 32.2 Å². The van der Waals surface area contributed by atoms with Crippen LogP contribution >= 0.6 is 0 Å². The van der Waals surface area contributed by atoms with Gasteiger partial charge in [-0.3, -0.25) is 9.59 Å². The summed E-state index contributed by atoms with van der Waals surface area (Å²) in [5.74, 6) is -3.72. The Morgan fingerprint density at radius 2 is 1.52 bits per heavy atom. The molecule has 0 bridgehead atoms. The van der Waals surface area contributed by atoms with Crippen molar-refractivity contribution in [3.63, 3.8) is 0 Å². The average molecular weight is 689 g/mol. The van der Waals surface area contributed by atoms with Crippen LogP contribution in [0.4, 0.5) is 4.39 Å². The summed E-state index contributed by atoms with van der Waals surface area (Å²) in [6.07, 6.45) is 6.22. The molecule has 0 aromatic heterocycles. The molecule has 2 aromatic carbocycles. The van der Waals surface area contributed by atoms with Gasteiger partial charge in [0.15, 0.2) is 15.7 Å². The maximum Gasteiger partial charge on any atom is 0.306 e. The normalized spacial score (nSPS) is 16.4. The standard InChI is InChI=1S/C37H49FO9S/c1-4-44-34(39)21-15-24-46-32-20-14-19-29(31(32)22-23-35(40)45-5-2)18-10-7-8-13-25-47-37(41)27-30(28-16-11-9-12-17-28)26-33(36(37)38)48(42,43)6-3/h9,11-12,14,16-17,19-20,26,41H,4-8,10,13,15,18,21-25,27H2,1-3H3. The number of halogens is 1. The summed E-state index contributed by atoms with van der Waals surface area (Å²) in [6, 6.07) is 14.8. The molecule has 9 nitrogen and oxygen atoms in total. The molecule has 0 aliphatic heterocycles. The molecule has 1 unspecified atom stereocenters. The van der Waals surface area contributed by atoms with Gasteiger partial charge in [0, 0.05) is 19.3 Å². The van der Waals surface area contributed by atoms with Gasteiger partial charge < -0.3 is 24.1 Å². The third-order valence-corrected chi connectivity index (χ3v) is 9.77. The number of sulfone groups is 1. The lowest BCUT2D eigenvalue weighted by Crippen LogP contribution is -2.37. The molecule has 0 radical (unpaired) electrons. The molecular weight excluding hydrogens is 639 g/mol. The molecule has 48 heavy (non-hydrogen) atoms. The lowest BCUT2D eigenvalue weighted by Gasteiger charge is -2.32. The van der Waals surface area contributed by atoms with Crippen LogP contribution in [0.3, 0.4) is 0 Å². The summed E-state index contributed by atoms with van der Waals surface area (Å²) in [4.78, 5) is 23.3. The first-order chi connectivity index (χ1) is 23.0. The van der Waals surface area contributed by atoms with Crippen molar-refractivity contribution < 1.29 is 46.5 Å². The molecule has 0 spiro atoms. The van der Waals surface area contributed by atoms with Crippen LogP contribution in [0, 0.1) is 0 Å². The number of carbonyl (C=O) groups is 2. The van der Waals surface area contributed by atoms with E-state index in [0.29, 0.717) is 56.0 Å². The van der Waals surface area contributed by atoms with Gasteiger partial charge in [0.2, 0.25) is 5.79 Å². The third kappa shape index (κ3) is 11.6. The number of carbonyl (C=O) groups excluding carboxylic acids is 2. The smallest absolute Gasteiger partial charge is 0.306 e. The van der Waals surface area contributed by atoms with E-state index in [1.165, 1.54) is 13.0 Å². The van der Waals surface area contributed by atoms with Crippen LogP contribution in [0.2, 0.25) is 0 Å². The topological polar surface area (TPSA) is 125 Å². The molecule has 1 atom stereocenters. The Kier molecular flexibility index (Phi) is 15.8. The van der Waals surface area contributed by atoms with Crippen molar-refractivity contribution in [3.05, 3.63) is 82.0 Å². The molecule has 0 saturated carbocycles. The minimum absolute atomic E-state index is 0.0470. The van der Waals surface area contributed by atoms with E-state index in [4.69, 9.17) is 18.9 Å². The van der Waals surface area contributed by atoms with Gasteiger partial charge in [-0.05, 0) is 80.4 Å². The molecule has 0 saturated heterocycles. The van der Waals surface area contributed by atoms with E-state index in [2.05, 4.69) is 0 Å². The Bertz CT molecular complexity index is 1520. The molecule has 0 fully saturated rings. The number of ether oxygens (including phenoxy) is 4. The number of rotatable bonds is 21. The van der Waals surface area contributed by atoms with E-state index in [1.807, 2.05) is 24.3 Å². The van der Waals surface area contributed by atoms with Crippen LogP contribution < -0.4 is 4.74 Å². The number of benzene rings is 2. The Hall–Kier alpha value is -3.54. The summed E-state index contributed by atoms with van der Waals surface area (Å²) >= 11 is 0. The first-order valence-electron chi connectivity index (χ1n) is 16.8. The molecule has 1 aliphatic carbocycles. The summed E-state index contributed by atoms with van der Waals surface area (Å²) in [7, 11) is -3.95. The second-order valence-electron chi connectivity index (χ2n) is 11.5.